The van der Waals surface area contributed by atoms with E-state index >= 15 is 0 Å². The van der Waals surface area contributed by atoms with Crippen LogP contribution in [0.25, 0.3) is 0 Å². The Labute approximate surface area is 114 Å². The number of hydrogen-bond acceptors (Lipinski definition) is 2. The first-order chi connectivity index (χ1) is 8.99. The van der Waals surface area contributed by atoms with Crippen LogP contribution < -0.4 is 4.74 Å². The van der Waals surface area contributed by atoms with Gasteiger partial charge in [0.15, 0.2) is 0 Å². The van der Waals surface area contributed by atoms with Crippen molar-refractivity contribution in [1.82, 2.24) is 0 Å². The molecule has 2 rings (SSSR count). The number of aliphatic hydroxyl groups excluding tert-OH is 1. The van der Waals surface area contributed by atoms with Crippen molar-refractivity contribution < 1.29 is 18.6 Å². The quantitative estimate of drug-likeness (QED) is 0.901. The van der Waals surface area contributed by atoms with Gasteiger partial charge in [-0.2, -0.15) is 0 Å². The van der Waals surface area contributed by atoms with Crippen LogP contribution in [-0.4, -0.2) is 5.11 Å². The third-order valence-corrected chi connectivity index (χ3v) is 2.84. The van der Waals surface area contributed by atoms with Gasteiger partial charge in [0.1, 0.15) is 23.1 Å². The molecule has 19 heavy (non-hydrogen) atoms. The maximum Gasteiger partial charge on any atom is 0.146 e. The molecule has 0 saturated heterocycles. The van der Waals surface area contributed by atoms with Gasteiger partial charge in [0.2, 0.25) is 0 Å². The largest absolute Gasteiger partial charge is 0.455 e. The van der Waals surface area contributed by atoms with E-state index in [9.17, 15) is 13.9 Å². The third-order valence-electron chi connectivity index (χ3n) is 2.54. The SMILES string of the molecule is C[C@@H](O)c1c(F)cccc1Oc1ccc(F)cc1Cl. The van der Waals surface area contributed by atoms with E-state index in [0.717, 1.165) is 6.07 Å². The standard InChI is InChI=1S/C14H11ClF2O2/c1-8(18)14-11(17)3-2-4-13(14)19-12-6-5-9(16)7-10(12)15/h2-8,18H,1H3/t8-/m1/s1. The van der Waals surface area contributed by atoms with Crippen molar-refractivity contribution >= 4 is 11.6 Å². The second kappa shape index (κ2) is 5.55. The maximum absolute atomic E-state index is 13.6. The van der Waals surface area contributed by atoms with E-state index in [1.54, 1.807) is 0 Å². The summed E-state index contributed by atoms with van der Waals surface area (Å²) in [5, 5.41) is 9.63. The second-order valence-corrected chi connectivity index (χ2v) is 4.41. The molecule has 2 aromatic rings. The van der Waals surface area contributed by atoms with Gasteiger partial charge in [-0.05, 0) is 37.3 Å². The van der Waals surface area contributed by atoms with E-state index < -0.39 is 17.7 Å². The molecule has 0 aliphatic heterocycles. The molecule has 100 valence electrons. The highest BCUT2D eigenvalue weighted by atomic mass is 35.5. The molecule has 0 amide bonds. The van der Waals surface area contributed by atoms with Crippen LogP contribution in [0.5, 0.6) is 11.5 Å². The summed E-state index contributed by atoms with van der Waals surface area (Å²) in [5.41, 5.74) is 0.0305. The van der Waals surface area contributed by atoms with E-state index in [1.807, 2.05) is 0 Å². The lowest BCUT2D eigenvalue weighted by Crippen LogP contribution is -2.00. The highest BCUT2D eigenvalue weighted by Crippen LogP contribution is 2.35. The number of aliphatic hydroxyl groups is 1. The Morgan fingerprint density at radius 3 is 2.53 bits per heavy atom. The average Bonchev–Trinajstić information content (AvgIpc) is 2.32. The summed E-state index contributed by atoms with van der Waals surface area (Å²) in [5.74, 6) is -0.739. The van der Waals surface area contributed by atoms with E-state index in [0.29, 0.717) is 0 Å². The lowest BCUT2D eigenvalue weighted by atomic mass is 10.1. The second-order valence-electron chi connectivity index (χ2n) is 4.00. The Morgan fingerprint density at radius 2 is 1.89 bits per heavy atom. The molecule has 1 atom stereocenters. The maximum atomic E-state index is 13.6. The minimum atomic E-state index is -1.03. The van der Waals surface area contributed by atoms with Gasteiger partial charge in [-0.1, -0.05) is 17.7 Å². The molecular weight excluding hydrogens is 274 g/mol. The Bertz CT molecular complexity index is 600. The molecule has 1 N–H and O–H groups in total. The van der Waals surface area contributed by atoms with E-state index in [-0.39, 0.29) is 22.1 Å². The van der Waals surface area contributed by atoms with Crippen molar-refractivity contribution in [2.45, 2.75) is 13.0 Å². The molecule has 0 aliphatic rings. The first-order valence-corrected chi connectivity index (χ1v) is 5.96. The highest BCUT2D eigenvalue weighted by Gasteiger charge is 2.16. The Balaban J connectivity index is 2.41. The molecule has 0 aromatic heterocycles. The minimum Gasteiger partial charge on any atom is -0.455 e. The van der Waals surface area contributed by atoms with Gasteiger partial charge in [0, 0.05) is 0 Å². The first kappa shape index (κ1) is 13.8. The molecule has 0 aliphatic carbocycles. The van der Waals surface area contributed by atoms with Gasteiger partial charge in [-0.25, -0.2) is 8.78 Å². The van der Waals surface area contributed by atoms with Crippen LogP contribution in [0.15, 0.2) is 36.4 Å². The predicted octanol–water partition coefficient (Wildman–Crippen LogP) is 4.46. The summed E-state index contributed by atoms with van der Waals surface area (Å²) in [6.45, 7) is 1.43. The van der Waals surface area contributed by atoms with Crippen LogP contribution in [0, 0.1) is 11.6 Å². The van der Waals surface area contributed by atoms with Gasteiger partial charge >= 0.3 is 0 Å². The molecule has 0 saturated carbocycles. The molecule has 0 radical (unpaired) electrons. The summed E-state index contributed by atoms with van der Waals surface area (Å²) >= 11 is 5.83. The number of benzene rings is 2. The minimum absolute atomic E-state index is 0.0305. The first-order valence-electron chi connectivity index (χ1n) is 5.58. The van der Waals surface area contributed by atoms with Crippen molar-refractivity contribution in [3.05, 3.63) is 58.6 Å². The Morgan fingerprint density at radius 1 is 1.16 bits per heavy atom. The Hall–Kier alpha value is -1.65. The Kier molecular flexibility index (Phi) is 4.02. The number of rotatable bonds is 3. The zero-order chi connectivity index (χ0) is 14.0. The normalized spacial score (nSPS) is 12.3. The van der Waals surface area contributed by atoms with E-state index in [1.165, 1.54) is 37.3 Å². The summed E-state index contributed by atoms with van der Waals surface area (Å²) in [6.07, 6.45) is -1.03. The van der Waals surface area contributed by atoms with Crippen molar-refractivity contribution in [2.24, 2.45) is 0 Å². The fraction of sp³-hybridized carbons (Fsp3) is 0.143. The predicted molar refractivity (Wildman–Crippen MR) is 68.5 cm³/mol. The average molecular weight is 285 g/mol. The zero-order valence-electron chi connectivity index (χ0n) is 10.0. The van der Waals surface area contributed by atoms with Crippen LogP contribution in [0.4, 0.5) is 8.78 Å². The fourth-order valence-corrected chi connectivity index (χ4v) is 1.89. The summed E-state index contributed by atoms with van der Waals surface area (Å²) < 4.78 is 32.0. The van der Waals surface area contributed by atoms with Gasteiger partial charge in [0.05, 0.1) is 16.7 Å². The molecule has 0 bridgehead atoms. The molecule has 2 aromatic carbocycles. The van der Waals surface area contributed by atoms with Gasteiger partial charge in [-0.3, -0.25) is 0 Å². The monoisotopic (exact) mass is 284 g/mol. The van der Waals surface area contributed by atoms with Crippen molar-refractivity contribution in [3.63, 3.8) is 0 Å². The van der Waals surface area contributed by atoms with Crippen LogP contribution >= 0.6 is 11.6 Å². The molecule has 0 heterocycles. The van der Waals surface area contributed by atoms with Crippen LogP contribution in [0.3, 0.4) is 0 Å². The molecule has 2 nitrogen and oxygen atoms in total. The van der Waals surface area contributed by atoms with Crippen LogP contribution in [0.1, 0.15) is 18.6 Å². The summed E-state index contributed by atoms with van der Waals surface area (Å²) in [7, 11) is 0. The molecule has 0 unspecified atom stereocenters. The fourth-order valence-electron chi connectivity index (χ4n) is 1.69. The topological polar surface area (TPSA) is 29.5 Å². The van der Waals surface area contributed by atoms with Crippen molar-refractivity contribution in [3.8, 4) is 11.5 Å². The number of ether oxygens (including phenoxy) is 1. The van der Waals surface area contributed by atoms with Gasteiger partial charge in [0.25, 0.3) is 0 Å². The summed E-state index contributed by atoms with van der Waals surface area (Å²) in [4.78, 5) is 0. The van der Waals surface area contributed by atoms with Crippen molar-refractivity contribution in [2.75, 3.05) is 0 Å². The zero-order valence-corrected chi connectivity index (χ0v) is 10.8. The van der Waals surface area contributed by atoms with Crippen LogP contribution in [0.2, 0.25) is 5.02 Å². The van der Waals surface area contributed by atoms with Gasteiger partial charge in [-0.15, -0.1) is 0 Å². The summed E-state index contributed by atoms with van der Waals surface area (Å²) in [6, 6.07) is 7.80. The molecule has 5 heteroatoms. The smallest absolute Gasteiger partial charge is 0.146 e. The molecule has 0 fully saturated rings. The van der Waals surface area contributed by atoms with Gasteiger partial charge < -0.3 is 9.84 Å². The lowest BCUT2D eigenvalue weighted by Gasteiger charge is -2.14. The number of hydrogen-bond donors (Lipinski definition) is 1. The third kappa shape index (κ3) is 3.03. The van der Waals surface area contributed by atoms with Crippen molar-refractivity contribution in [1.29, 1.82) is 0 Å². The van der Waals surface area contributed by atoms with E-state index in [4.69, 9.17) is 16.3 Å². The molecular formula is C14H11ClF2O2. The lowest BCUT2D eigenvalue weighted by molar-refractivity contribution is 0.190. The van der Waals surface area contributed by atoms with E-state index in [2.05, 4.69) is 0 Å². The molecule has 0 spiro atoms. The number of halogens is 3. The van der Waals surface area contributed by atoms with Crippen LogP contribution in [-0.2, 0) is 0 Å². The highest BCUT2D eigenvalue weighted by molar-refractivity contribution is 6.32.